The summed E-state index contributed by atoms with van der Waals surface area (Å²) in [4.78, 5) is 4.03. The molecule has 0 radical (unpaired) electrons. The van der Waals surface area contributed by atoms with Crippen LogP contribution in [0, 0.1) is 0 Å². The van der Waals surface area contributed by atoms with Gasteiger partial charge in [-0.05, 0) is 56.3 Å². The molecule has 0 bridgehead atoms. The quantitative estimate of drug-likeness (QED) is 0.682. The fraction of sp³-hybridized carbons (Fsp3) is 0.688. The molecule has 1 heterocycles. The Morgan fingerprint density at radius 3 is 2.52 bits per heavy atom. The van der Waals surface area contributed by atoms with Gasteiger partial charge >= 0.3 is 0 Å². The molecule has 21 heavy (non-hydrogen) atoms. The molecule has 0 fully saturated rings. The Morgan fingerprint density at radius 1 is 1.19 bits per heavy atom. The number of nitrogens with one attached hydrogen (secondary N) is 1. The number of hydrogen-bond donors (Lipinski definition) is 1. The maximum atomic E-state index is 11.5. The maximum absolute atomic E-state index is 11.5. The molecule has 0 saturated heterocycles. The molecular formula is C16H28N2O2S. The molecule has 4 nitrogen and oxygen atoms in total. The second-order valence-corrected chi connectivity index (χ2v) is 7.90. The lowest BCUT2D eigenvalue weighted by Gasteiger charge is -2.18. The molecule has 1 aromatic heterocycles. The Balaban J connectivity index is 2.40. The van der Waals surface area contributed by atoms with Crippen LogP contribution in [0.2, 0.25) is 0 Å². The number of aromatic nitrogens is 1. The lowest BCUT2D eigenvalue weighted by atomic mass is 10.0. The summed E-state index contributed by atoms with van der Waals surface area (Å²) in [6.45, 7) is 4.85. The molecule has 1 N–H and O–H groups in total. The van der Waals surface area contributed by atoms with Gasteiger partial charge in [0.15, 0.2) is 0 Å². The van der Waals surface area contributed by atoms with Crippen molar-refractivity contribution in [2.24, 2.45) is 0 Å². The molecule has 1 rings (SSSR count). The molecule has 1 aromatic rings. The highest BCUT2D eigenvalue weighted by atomic mass is 32.2. The van der Waals surface area contributed by atoms with Crippen molar-refractivity contribution in [3.05, 3.63) is 30.1 Å². The molecule has 1 atom stereocenters. The monoisotopic (exact) mass is 312 g/mol. The molecule has 1 unspecified atom stereocenters. The van der Waals surface area contributed by atoms with Crippen molar-refractivity contribution >= 4 is 9.84 Å². The van der Waals surface area contributed by atoms with E-state index in [1.807, 2.05) is 24.5 Å². The van der Waals surface area contributed by atoms with Crippen LogP contribution in [0.25, 0.3) is 0 Å². The summed E-state index contributed by atoms with van der Waals surface area (Å²) in [6.07, 6.45) is 8.44. The first-order valence-corrected chi connectivity index (χ1v) is 9.72. The average molecular weight is 312 g/mol. The molecule has 0 aliphatic carbocycles. The van der Waals surface area contributed by atoms with Gasteiger partial charge in [0, 0.05) is 24.2 Å². The highest BCUT2D eigenvalue weighted by Crippen LogP contribution is 2.10. The summed E-state index contributed by atoms with van der Waals surface area (Å²) in [7, 11) is -2.84. The number of aryl methyl sites for hydroxylation is 1. The van der Waals surface area contributed by atoms with Crippen molar-refractivity contribution in [1.29, 1.82) is 0 Å². The fourth-order valence-corrected chi connectivity index (χ4v) is 3.18. The average Bonchev–Trinajstić information content (AvgIpc) is 2.50. The molecule has 5 heteroatoms. The highest BCUT2D eigenvalue weighted by molar-refractivity contribution is 7.91. The van der Waals surface area contributed by atoms with E-state index >= 15 is 0 Å². The Labute approximate surface area is 129 Å². The van der Waals surface area contributed by atoms with Crippen molar-refractivity contribution in [3.63, 3.8) is 0 Å². The van der Waals surface area contributed by atoms with Gasteiger partial charge in [-0.1, -0.05) is 13.8 Å². The third-order valence-corrected chi connectivity index (χ3v) is 5.45. The second kappa shape index (κ2) is 9.90. The van der Waals surface area contributed by atoms with E-state index < -0.39 is 9.84 Å². The van der Waals surface area contributed by atoms with E-state index in [0.29, 0.717) is 11.8 Å². The van der Waals surface area contributed by atoms with Gasteiger partial charge in [0.1, 0.15) is 9.84 Å². The fourth-order valence-electron chi connectivity index (χ4n) is 2.28. The number of pyridine rings is 1. The van der Waals surface area contributed by atoms with Crippen molar-refractivity contribution in [2.45, 2.75) is 52.0 Å². The molecule has 0 saturated carbocycles. The van der Waals surface area contributed by atoms with Gasteiger partial charge in [0.05, 0.1) is 5.75 Å². The van der Waals surface area contributed by atoms with Crippen molar-refractivity contribution in [2.75, 3.05) is 18.1 Å². The maximum Gasteiger partial charge on any atom is 0.150 e. The number of nitrogens with zero attached hydrogens (tertiary/aromatic N) is 1. The van der Waals surface area contributed by atoms with E-state index in [-0.39, 0.29) is 5.75 Å². The minimum atomic E-state index is -2.84. The zero-order chi connectivity index (χ0) is 15.6. The predicted octanol–water partition coefficient (Wildman–Crippen LogP) is 2.60. The van der Waals surface area contributed by atoms with Crippen LogP contribution in [0.4, 0.5) is 0 Å². The van der Waals surface area contributed by atoms with Gasteiger partial charge in [-0.25, -0.2) is 8.42 Å². The highest BCUT2D eigenvalue weighted by Gasteiger charge is 2.12. The Kier molecular flexibility index (Phi) is 8.54. The largest absolute Gasteiger partial charge is 0.314 e. The Morgan fingerprint density at radius 2 is 1.90 bits per heavy atom. The zero-order valence-corrected chi connectivity index (χ0v) is 14.0. The van der Waals surface area contributed by atoms with Gasteiger partial charge < -0.3 is 5.32 Å². The Bertz CT molecular complexity index is 474. The first-order valence-electron chi connectivity index (χ1n) is 7.90. The van der Waals surface area contributed by atoms with E-state index in [2.05, 4.69) is 17.2 Å². The summed E-state index contributed by atoms with van der Waals surface area (Å²) < 4.78 is 23.1. The molecule has 0 aliphatic rings. The second-order valence-electron chi connectivity index (χ2n) is 5.42. The van der Waals surface area contributed by atoms with Crippen molar-refractivity contribution < 1.29 is 8.42 Å². The van der Waals surface area contributed by atoms with Gasteiger partial charge in [-0.2, -0.15) is 0 Å². The van der Waals surface area contributed by atoms with E-state index in [1.165, 1.54) is 5.56 Å². The van der Waals surface area contributed by atoms with Crippen molar-refractivity contribution in [1.82, 2.24) is 10.3 Å². The first kappa shape index (κ1) is 18.1. The number of sulfone groups is 1. The summed E-state index contributed by atoms with van der Waals surface area (Å²) in [5.74, 6) is 0.556. The summed E-state index contributed by atoms with van der Waals surface area (Å²) >= 11 is 0. The number of rotatable bonds is 11. The van der Waals surface area contributed by atoms with E-state index in [1.54, 1.807) is 6.92 Å². The van der Waals surface area contributed by atoms with Crippen LogP contribution in [0.15, 0.2) is 24.5 Å². The predicted molar refractivity (Wildman–Crippen MR) is 88.2 cm³/mol. The minimum absolute atomic E-state index is 0.247. The van der Waals surface area contributed by atoms with Gasteiger partial charge in [0.2, 0.25) is 0 Å². The lowest BCUT2D eigenvalue weighted by molar-refractivity contribution is 0.448. The minimum Gasteiger partial charge on any atom is -0.314 e. The topological polar surface area (TPSA) is 59.1 Å². The standard InChI is InChI=1S/C16H28N2O2S/c1-3-11-18-16(6-5-14-21(19,20)4-2)8-7-15-9-12-17-13-10-15/h9-10,12-13,16,18H,3-8,11,14H2,1-2H3. The molecule has 120 valence electrons. The zero-order valence-electron chi connectivity index (χ0n) is 13.2. The van der Waals surface area contributed by atoms with Gasteiger partial charge in [0.25, 0.3) is 0 Å². The van der Waals surface area contributed by atoms with Crippen LogP contribution in [-0.4, -0.2) is 37.5 Å². The summed E-state index contributed by atoms with van der Waals surface area (Å²) in [5, 5.41) is 3.53. The third-order valence-electron chi connectivity index (χ3n) is 3.66. The normalized spacial score (nSPS) is 13.2. The van der Waals surface area contributed by atoms with Crippen LogP contribution in [0.1, 0.15) is 45.1 Å². The Hall–Kier alpha value is -0.940. The lowest BCUT2D eigenvalue weighted by Crippen LogP contribution is -2.31. The van der Waals surface area contributed by atoms with Crippen LogP contribution in [0.3, 0.4) is 0 Å². The van der Waals surface area contributed by atoms with Crippen LogP contribution >= 0.6 is 0 Å². The molecule has 0 aromatic carbocycles. The summed E-state index contributed by atoms with van der Waals surface area (Å²) in [6, 6.07) is 4.47. The first-order chi connectivity index (χ1) is 10.1. The van der Waals surface area contributed by atoms with E-state index in [0.717, 1.165) is 38.6 Å². The summed E-state index contributed by atoms with van der Waals surface area (Å²) in [5.41, 5.74) is 1.29. The smallest absolute Gasteiger partial charge is 0.150 e. The van der Waals surface area contributed by atoms with Gasteiger partial charge in [-0.15, -0.1) is 0 Å². The number of hydrogen-bond acceptors (Lipinski definition) is 4. The third kappa shape index (κ3) is 8.17. The van der Waals surface area contributed by atoms with E-state index in [4.69, 9.17) is 0 Å². The van der Waals surface area contributed by atoms with Crippen LogP contribution in [-0.2, 0) is 16.3 Å². The molecule has 0 amide bonds. The molecule has 0 aliphatic heterocycles. The molecule has 0 spiro atoms. The van der Waals surface area contributed by atoms with Crippen LogP contribution < -0.4 is 5.32 Å². The van der Waals surface area contributed by atoms with E-state index in [9.17, 15) is 8.42 Å². The SMILES string of the molecule is CCCNC(CCCS(=O)(=O)CC)CCc1ccncc1. The van der Waals surface area contributed by atoms with Crippen molar-refractivity contribution in [3.8, 4) is 0 Å². The van der Waals surface area contributed by atoms with Crippen LogP contribution in [0.5, 0.6) is 0 Å². The molecular weight excluding hydrogens is 284 g/mol. The van der Waals surface area contributed by atoms with Gasteiger partial charge in [-0.3, -0.25) is 4.98 Å².